The predicted octanol–water partition coefficient (Wildman–Crippen LogP) is 6.03. The lowest BCUT2D eigenvalue weighted by Crippen LogP contribution is -2.00. The Morgan fingerprint density at radius 1 is 0.815 bits per heavy atom. The average molecular weight is 363 g/mol. The largest absolute Gasteiger partial charge is 0.486 e. The maximum atomic E-state index is 13.9. The van der Waals surface area contributed by atoms with Gasteiger partial charge in [0, 0.05) is 0 Å². The summed E-state index contributed by atoms with van der Waals surface area (Å²) >= 11 is 0. The lowest BCUT2D eigenvalue weighted by atomic mass is 10.0. The molecule has 0 heterocycles. The third kappa shape index (κ3) is 4.32. The Hall–Kier alpha value is -3.19. The van der Waals surface area contributed by atoms with Crippen molar-refractivity contribution in [2.75, 3.05) is 0 Å². The van der Waals surface area contributed by atoms with Crippen molar-refractivity contribution >= 4 is 0 Å². The molecule has 0 fully saturated rings. The first-order valence-corrected chi connectivity index (χ1v) is 8.81. The maximum absolute atomic E-state index is 13.9. The van der Waals surface area contributed by atoms with Crippen LogP contribution in [0.25, 0.3) is 11.1 Å². The van der Waals surface area contributed by atoms with Crippen molar-refractivity contribution in [3.8, 4) is 22.9 Å². The van der Waals surface area contributed by atoms with Crippen LogP contribution >= 0.6 is 0 Å². The zero-order valence-corrected chi connectivity index (χ0v) is 15.0. The number of rotatable bonds is 6. The topological polar surface area (TPSA) is 33.0 Å². The van der Waals surface area contributed by atoms with Gasteiger partial charge in [-0.25, -0.2) is 4.39 Å². The zero-order valence-electron chi connectivity index (χ0n) is 15.0. The molecule has 0 aliphatic carbocycles. The minimum Gasteiger partial charge on any atom is -0.486 e. The molecule has 0 spiro atoms. The summed E-state index contributed by atoms with van der Waals surface area (Å²) in [6, 6.07) is 20.3. The van der Waals surface area contributed by atoms with Crippen LogP contribution < -0.4 is 4.74 Å². The van der Waals surface area contributed by atoms with Crippen molar-refractivity contribution in [1.82, 2.24) is 0 Å². The number of ether oxygens (including phenoxy) is 1. The highest BCUT2D eigenvalue weighted by atomic mass is 19.2. The van der Waals surface area contributed by atoms with Crippen molar-refractivity contribution in [2.24, 2.45) is 0 Å². The Labute approximate surface area is 157 Å². The van der Waals surface area contributed by atoms with E-state index in [1.807, 2.05) is 24.3 Å². The minimum absolute atomic E-state index is 0.109. The number of nitriles is 1. The van der Waals surface area contributed by atoms with Crippen molar-refractivity contribution in [3.05, 3.63) is 89.0 Å². The van der Waals surface area contributed by atoms with Crippen LogP contribution in [-0.4, -0.2) is 0 Å². The Kier molecular flexibility index (Phi) is 5.83. The van der Waals surface area contributed by atoms with E-state index in [1.54, 1.807) is 6.07 Å². The standard InChI is InChI=1S/C23H19F2NO/c1-2-3-16-4-8-18(9-5-16)19-10-6-17(7-11-19)15-27-21-13-12-20(14-26)22(24)23(21)25/h4-13H,2-3,15H2,1H3. The normalized spacial score (nSPS) is 10.4. The summed E-state index contributed by atoms with van der Waals surface area (Å²) in [5.74, 6) is -2.53. The molecule has 0 atom stereocenters. The molecule has 0 aliphatic heterocycles. The second-order valence-electron chi connectivity index (χ2n) is 6.28. The molecule has 136 valence electrons. The van der Waals surface area contributed by atoms with Gasteiger partial charge in [0.1, 0.15) is 12.7 Å². The van der Waals surface area contributed by atoms with E-state index in [0.29, 0.717) is 0 Å². The molecule has 0 unspecified atom stereocenters. The molecule has 4 heteroatoms. The molecule has 0 saturated heterocycles. The average Bonchev–Trinajstić information content (AvgIpc) is 2.70. The summed E-state index contributed by atoms with van der Waals surface area (Å²) in [7, 11) is 0. The van der Waals surface area contributed by atoms with E-state index in [-0.39, 0.29) is 17.9 Å². The Morgan fingerprint density at radius 2 is 1.41 bits per heavy atom. The molecule has 0 aromatic heterocycles. The molecule has 0 amide bonds. The number of hydrogen-bond donors (Lipinski definition) is 0. The smallest absolute Gasteiger partial charge is 0.202 e. The Balaban J connectivity index is 1.68. The van der Waals surface area contributed by atoms with E-state index in [0.717, 1.165) is 29.5 Å². The summed E-state index contributed by atoms with van der Waals surface area (Å²) in [6.07, 6.45) is 2.20. The number of halogens is 2. The number of aryl methyl sites for hydroxylation is 1. The molecule has 2 nitrogen and oxygen atoms in total. The van der Waals surface area contributed by atoms with E-state index in [1.165, 1.54) is 17.7 Å². The highest BCUT2D eigenvalue weighted by Gasteiger charge is 2.14. The molecular formula is C23H19F2NO. The fraction of sp³-hybridized carbons (Fsp3) is 0.174. The van der Waals surface area contributed by atoms with E-state index >= 15 is 0 Å². The van der Waals surface area contributed by atoms with Gasteiger partial charge in [0.05, 0.1) is 5.56 Å². The van der Waals surface area contributed by atoms with Gasteiger partial charge in [-0.3, -0.25) is 0 Å². The lowest BCUT2D eigenvalue weighted by molar-refractivity contribution is 0.284. The molecule has 0 bridgehead atoms. The first-order valence-electron chi connectivity index (χ1n) is 8.81. The van der Waals surface area contributed by atoms with Crippen LogP contribution in [0.3, 0.4) is 0 Å². The summed E-state index contributed by atoms with van der Waals surface area (Å²) in [6.45, 7) is 2.27. The van der Waals surface area contributed by atoms with Gasteiger partial charge in [-0.15, -0.1) is 0 Å². The second-order valence-corrected chi connectivity index (χ2v) is 6.28. The van der Waals surface area contributed by atoms with E-state index < -0.39 is 11.6 Å². The van der Waals surface area contributed by atoms with Gasteiger partial charge >= 0.3 is 0 Å². The highest BCUT2D eigenvalue weighted by Crippen LogP contribution is 2.24. The molecular weight excluding hydrogens is 344 g/mol. The predicted molar refractivity (Wildman–Crippen MR) is 101 cm³/mol. The van der Waals surface area contributed by atoms with Crippen molar-refractivity contribution < 1.29 is 13.5 Å². The third-order valence-electron chi connectivity index (χ3n) is 4.34. The van der Waals surface area contributed by atoms with Crippen molar-refractivity contribution in [3.63, 3.8) is 0 Å². The zero-order chi connectivity index (χ0) is 19.2. The SMILES string of the molecule is CCCc1ccc(-c2ccc(COc3ccc(C#N)c(F)c3F)cc2)cc1. The molecule has 3 rings (SSSR count). The maximum Gasteiger partial charge on any atom is 0.202 e. The van der Waals surface area contributed by atoms with Crippen LogP contribution in [0.1, 0.15) is 30.0 Å². The van der Waals surface area contributed by atoms with Crippen LogP contribution in [0, 0.1) is 23.0 Å². The summed E-state index contributed by atoms with van der Waals surface area (Å²) in [5, 5.41) is 8.71. The summed E-state index contributed by atoms with van der Waals surface area (Å²) in [5.41, 5.74) is 4.03. The molecule has 0 aliphatic rings. The highest BCUT2D eigenvalue weighted by molar-refractivity contribution is 5.64. The van der Waals surface area contributed by atoms with Gasteiger partial charge < -0.3 is 4.74 Å². The van der Waals surface area contributed by atoms with E-state index in [9.17, 15) is 8.78 Å². The first kappa shape index (κ1) is 18.6. The van der Waals surface area contributed by atoms with Gasteiger partial charge in [-0.1, -0.05) is 61.9 Å². The molecule has 0 N–H and O–H groups in total. The fourth-order valence-electron chi connectivity index (χ4n) is 2.84. The quantitative estimate of drug-likeness (QED) is 0.535. The third-order valence-corrected chi connectivity index (χ3v) is 4.34. The molecule has 0 radical (unpaired) electrons. The van der Waals surface area contributed by atoms with Crippen LogP contribution in [0.15, 0.2) is 60.7 Å². The van der Waals surface area contributed by atoms with Gasteiger partial charge in [0.25, 0.3) is 0 Å². The minimum atomic E-state index is -1.18. The molecule has 3 aromatic carbocycles. The molecule has 3 aromatic rings. The van der Waals surface area contributed by atoms with Crippen molar-refractivity contribution in [1.29, 1.82) is 5.26 Å². The van der Waals surface area contributed by atoms with Gasteiger partial charge in [0.2, 0.25) is 5.82 Å². The second kappa shape index (κ2) is 8.46. The van der Waals surface area contributed by atoms with Crippen LogP contribution in [0.2, 0.25) is 0 Å². The summed E-state index contributed by atoms with van der Waals surface area (Å²) in [4.78, 5) is 0. The molecule has 0 saturated carbocycles. The van der Waals surface area contributed by atoms with E-state index in [4.69, 9.17) is 10.00 Å². The number of hydrogen-bond acceptors (Lipinski definition) is 2. The summed E-state index contributed by atoms with van der Waals surface area (Å²) < 4.78 is 32.9. The van der Waals surface area contributed by atoms with Gasteiger partial charge in [-0.2, -0.15) is 9.65 Å². The number of benzene rings is 3. The molecule has 27 heavy (non-hydrogen) atoms. The van der Waals surface area contributed by atoms with Crippen molar-refractivity contribution in [2.45, 2.75) is 26.4 Å². The Morgan fingerprint density at radius 3 is 1.96 bits per heavy atom. The monoisotopic (exact) mass is 363 g/mol. The van der Waals surface area contributed by atoms with Gasteiger partial charge in [-0.05, 0) is 40.8 Å². The van der Waals surface area contributed by atoms with E-state index in [2.05, 4.69) is 31.2 Å². The van der Waals surface area contributed by atoms with Crippen LogP contribution in [0.4, 0.5) is 8.78 Å². The fourth-order valence-corrected chi connectivity index (χ4v) is 2.84. The first-order chi connectivity index (χ1) is 13.1. The Bertz CT molecular complexity index is 957. The van der Waals surface area contributed by atoms with Gasteiger partial charge in [0.15, 0.2) is 11.6 Å². The van der Waals surface area contributed by atoms with Crippen LogP contribution in [-0.2, 0) is 13.0 Å². The van der Waals surface area contributed by atoms with Crippen LogP contribution in [0.5, 0.6) is 5.75 Å². The lowest BCUT2D eigenvalue weighted by Gasteiger charge is -2.09. The number of nitrogens with zero attached hydrogens (tertiary/aromatic N) is 1.